The summed E-state index contributed by atoms with van der Waals surface area (Å²) in [6.07, 6.45) is 3.25. The maximum absolute atomic E-state index is 11.7. The van der Waals surface area contributed by atoms with Crippen LogP contribution in [0.1, 0.15) is 62.3 Å². The molecule has 1 N–H and O–H groups in total. The zero-order valence-electron chi connectivity index (χ0n) is 9.76. The van der Waals surface area contributed by atoms with Crippen LogP contribution in [-0.4, -0.2) is 4.98 Å². The van der Waals surface area contributed by atoms with Gasteiger partial charge in [-0.15, -0.1) is 0 Å². The van der Waals surface area contributed by atoms with Crippen molar-refractivity contribution in [1.82, 2.24) is 4.98 Å². The fourth-order valence-electron chi connectivity index (χ4n) is 2.48. The second-order valence-electron chi connectivity index (χ2n) is 4.73. The first kappa shape index (κ1) is 10.5. The molecule has 0 saturated heterocycles. The second kappa shape index (κ2) is 3.84. The van der Waals surface area contributed by atoms with Crippen molar-refractivity contribution >= 4 is 0 Å². The van der Waals surface area contributed by atoms with E-state index >= 15 is 0 Å². The minimum atomic E-state index is 0.109. The summed E-state index contributed by atoms with van der Waals surface area (Å²) >= 11 is 0. The van der Waals surface area contributed by atoms with Gasteiger partial charge in [-0.3, -0.25) is 4.79 Å². The van der Waals surface area contributed by atoms with Crippen LogP contribution < -0.4 is 5.56 Å². The monoisotopic (exact) mass is 205 g/mol. The van der Waals surface area contributed by atoms with Gasteiger partial charge in [-0.25, -0.2) is 0 Å². The molecule has 1 aromatic heterocycles. The van der Waals surface area contributed by atoms with Crippen molar-refractivity contribution < 1.29 is 0 Å². The molecule has 0 aliphatic heterocycles. The van der Waals surface area contributed by atoms with Crippen LogP contribution in [0.25, 0.3) is 0 Å². The average Bonchev–Trinajstić information content (AvgIpc) is 2.23. The fraction of sp³-hybridized carbons (Fsp3) is 0.615. The molecule has 2 heteroatoms. The molecule has 1 aromatic rings. The van der Waals surface area contributed by atoms with Crippen molar-refractivity contribution in [3.63, 3.8) is 0 Å². The van der Waals surface area contributed by atoms with Crippen LogP contribution in [0.2, 0.25) is 0 Å². The lowest BCUT2D eigenvalue weighted by molar-refractivity contribution is 0.512. The van der Waals surface area contributed by atoms with E-state index in [0.717, 1.165) is 12.0 Å². The molecule has 1 heterocycles. The van der Waals surface area contributed by atoms with E-state index in [4.69, 9.17) is 0 Å². The molecule has 2 atom stereocenters. The molecule has 2 nitrogen and oxygen atoms in total. The molecule has 82 valence electrons. The van der Waals surface area contributed by atoms with Crippen LogP contribution in [0.5, 0.6) is 0 Å². The van der Waals surface area contributed by atoms with Gasteiger partial charge in [0.05, 0.1) is 0 Å². The highest BCUT2D eigenvalue weighted by atomic mass is 16.1. The Labute approximate surface area is 90.7 Å². The van der Waals surface area contributed by atoms with Crippen LogP contribution >= 0.6 is 0 Å². The zero-order valence-corrected chi connectivity index (χ0v) is 9.76. The SMILES string of the molecule is CCc1cc2c([nH]c1=O)C(C)CCC2C. The molecule has 2 unspecified atom stereocenters. The van der Waals surface area contributed by atoms with Gasteiger partial charge in [0, 0.05) is 11.3 Å². The summed E-state index contributed by atoms with van der Waals surface area (Å²) in [7, 11) is 0. The van der Waals surface area contributed by atoms with E-state index < -0.39 is 0 Å². The normalized spacial score (nSPS) is 25.0. The lowest BCUT2D eigenvalue weighted by atomic mass is 9.81. The Morgan fingerprint density at radius 3 is 2.67 bits per heavy atom. The largest absolute Gasteiger partial charge is 0.325 e. The van der Waals surface area contributed by atoms with Gasteiger partial charge in [0.1, 0.15) is 0 Å². The third-order valence-corrected chi connectivity index (χ3v) is 3.62. The number of pyridine rings is 1. The maximum atomic E-state index is 11.7. The Hall–Kier alpha value is -1.05. The quantitative estimate of drug-likeness (QED) is 0.751. The molecule has 1 aliphatic rings. The molecule has 0 amide bonds. The van der Waals surface area contributed by atoms with Crippen LogP contribution in [0.3, 0.4) is 0 Å². The van der Waals surface area contributed by atoms with Gasteiger partial charge in [-0.2, -0.15) is 0 Å². The molecule has 2 rings (SSSR count). The lowest BCUT2D eigenvalue weighted by Gasteiger charge is -2.27. The molecule has 0 bridgehead atoms. The predicted molar refractivity (Wildman–Crippen MR) is 62.5 cm³/mol. The van der Waals surface area contributed by atoms with Gasteiger partial charge in [-0.05, 0) is 42.7 Å². The van der Waals surface area contributed by atoms with Gasteiger partial charge >= 0.3 is 0 Å². The van der Waals surface area contributed by atoms with Gasteiger partial charge in [0.2, 0.25) is 0 Å². The minimum absolute atomic E-state index is 0.109. The lowest BCUT2D eigenvalue weighted by Crippen LogP contribution is -2.21. The number of fused-ring (bicyclic) bond motifs is 1. The van der Waals surface area contributed by atoms with Crippen LogP contribution in [0.4, 0.5) is 0 Å². The number of hydrogen-bond acceptors (Lipinski definition) is 1. The van der Waals surface area contributed by atoms with Crippen molar-refractivity contribution in [2.24, 2.45) is 0 Å². The number of aromatic nitrogens is 1. The van der Waals surface area contributed by atoms with Crippen LogP contribution in [0.15, 0.2) is 10.9 Å². The molecule has 0 spiro atoms. The summed E-state index contributed by atoms with van der Waals surface area (Å²) in [4.78, 5) is 14.8. The third-order valence-electron chi connectivity index (χ3n) is 3.62. The van der Waals surface area contributed by atoms with Crippen molar-refractivity contribution in [2.45, 2.75) is 51.9 Å². The summed E-state index contributed by atoms with van der Waals surface area (Å²) in [6, 6.07) is 2.12. The second-order valence-corrected chi connectivity index (χ2v) is 4.73. The average molecular weight is 205 g/mol. The summed E-state index contributed by atoms with van der Waals surface area (Å²) in [5.41, 5.74) is 3.58. The number of rotatable bonds is 1. The molecular formula is C13H19NO. The Bertz CT molecular complexity index is 419. The van der Waals surface area contributed by atoms with Crippen LogP contribution in [0, 0.1) is 0 Å². The molecule has 0 saturated carbocycles. The Kier molecular flexibility index (Phi) is 2.68. The van der Waals surface area contributed by atoms with E-state index in [9.17, 15) is 4.79 Å². The van der Waals surface area contributed by atoms with Crippen LogP contribution in [-0.2, 0) is 6.42 Å². The summed E-state index contributed by atoms with van der Waals surface area (Å²) in [5, 5.41) is 0. The van der Waals surface area contributed by atoms with Gasteiger partial charge in [-0.1, -0.05) is 20.8 Å². The number of aryl methyl sites for hydroxylation is 1. The first-order valence-corrected chi connectivity index (χ1v) is 5.89. The van der Waals surface area contributed by atoms with E-state index in [-0.39, 0.29) is 5.56 Å². The topological polar surface area (TPSA) is 32.9 Å². The van der Waals surface area contributed by atoms with Crippen molar-refractivity contribution in [3.8, 4) is 0 Å². The molecular weight excluding hydrogens is 186 g/mol. The first-order chi connectivity index (χ1) is 7.13. The predicted octanol–water partition coefficient (Wildman–Crippen LogP) is 2.94. The number of aromatic amines is 1. The van der Waals surface area contributed by atoms with E-state index in [1.54, 1.807) is 0 Å². The molecule has 1 aliphatic carbocycles. The summed E-state index contributed by atoms with van der Waals surface area (Å²) < 4.78 is 0. The van der Waals surface area contributed by atoms with E-state index in [0.29, 0.717) is 11.8 Å². The van der Waals surface area contributed by atoms with E-state index in [2.05, 4.69) is 24.9 Å². The Balaban J connectivity index is 2.59. The summed E-state index contributed by atoms with van der Waals surface area (Å²) in [5.74, 6) is 1.10. The van der Waals surface area contributed by atoms with Gasteiger partial charge in [0.25, 0.3) is 5.56 Å². The molecule has 0 aromatic carbocycles. The molecule has 15 heavy (non-hydrogen) atoms. The molecule has 0 fully saturated rings. The minimum Gasteiger partial charge on any atom is -0.325 e. The first-order valence-electron chi connectivity index (χ1n) is 5.89. The number of H-pyrrole nitrogens is 1. The summed E-state index contributed by atoms with van der Waals surface area (Å²) in [6.45, 7) is 6.49. The standard InChI is InChI=1S/C13H19NO/c1-4-10-7-11-8(2)5-6-9(3)12(11)14-13(10)15/h7-9H,4-6H2,1-3H3,(H,14,15). The van der Waals surface area contributed by atoms with E-state index in [1.165, 1.54) is 24.1 Å². The maximum Gasteiger partial charge on any atom is 0.251 e. The van der Waals surface area contributed by atoms with Gasteiger partial charge < -0.3 is 4.98 Å². The number of nitrogens with one attached hydrogen (secondary N) is 1. The molecule has 0 radical (unpaired) electrons. The highest BCUT2D eigenvalue weighted by Crippen LogP contribution is 2.36. The zero-order chi connectivity index (χ0) is 11.0. The van der Waals surface area contributed by atoms with E-state index in [1.807, 2.05) is 6.92 Å². The Morgan fingerprint density at radius 1 is 1.33 bits per heavy atom. The highest BCUT2D eigenvalue weighted by Gasteiger charge is 2.23. The third kappa shape index (κ3) is 1.73. The smallest absolute Gasteiger partial charge is 0.251 e. The van der Waals surface area contributed by atoms with Gasteiger partial charge in [0.15, 0.2) is 0 Å². The highest BCUT2D eigenvalue weighted by molar-refractivity contribution is 5.32. The Morgan fingerprint density at radius 2 is 2.00 bits per heavy atom. The van der Waals surface area contributed by atoms with Crippen molar-refractivity contribution in [1.29, 1.82) is 0 Å². The number of hydrogen-bond donors (Lipinski definition) is 1. The van der Waals surface area contributed by atoms with Crippen molar-refractivity contribution in [2.75, 3.05) is 0 Å². The fourth-order valence-corrected chi connectivity index (χ4v) is 2.48. The van der Waals surface area contributed by atoms with Crippen molar-refractivity contribution in [3.05, 3.63) is 33.2 Å².